The number of rotatable bonds is 7. The molecule has 4 aromatic rings. The summed E-state index contributed by atoms with van der Waals surface area (Å²) in [6.45, 7) is -0.797. The average molecular weight is 512 g/mol. The topological polar surface area (TPSA) is 159 Å². The number of allylic oxidation sites excluding steroid dienone is 1. The van der Waals surface area contributed by atoms with E-state index in [1.807, 2.05) is 0 Å². The zero-order valence-electron chi connectivity index (χ0n) is 18.3. The number of imidazole rings is 1. The highest BCUT2D eigenvalue weighted by Gasteiger charge is 2.26. The number of aromatic nitrogens is 2. The highest BCUT2D eigenvalue weighted by molar-refractivity contribution is 7.90. The second-order valence-electron chi connectivity index (χ2n) is 7.56. The predicted molar refractivity (Wildman–Crippen MR) is 129 cm³/mol. The van der Waals surface area contributed by atoms with Gasteiger partial charge in [-0.05, 0) is 36.4 Å². The molecule has 0 radical (unpaired) electrons. The first-order valence-corrected chi connectivity index (χ1v) is 11.7. The van der Waals surface area contributed by atoms with Crippen LogP contribution in [0.1, 0.15) is 21.7 Å². The van der Waals surface area contributed by atoms with Crippen molar-refractivity contribution in [2.45, 2.75) is 4.90 Å². The quantitative estimate of drug-likeness (QED) is 0.0973. The van der Waals surface area contributed by atoms with Gasteiger partial charge >= 0.3 is 0 Å². The molecule has 0 aliphatic carbocycles. The number of carbonyl (C=O) groups is 1. The lowest BCUT2D eigenvalue weighted by atomic mass is 9.98. The smallest absolute Gasteiger partial charge is 0.284 e. The fourth-order valence-electron chi connectivity index (χ4n) is 3.41. The van der Waals surface area contributed by atoms with Crippen LogP contribution in [0.3, 0.4) is 0 Å². The van der Waals surface area contributed by atoms with E-state index in [-0.39, 0.29) is 17.0 Å². The maximum absolute atomic E-state index is 13.9. The second-order valence-corrected chi connectivity index (χ2v) is 9.16. The summed E-state index contributed by atoms with van der Waals surface area (Å²) in [6, 6.07) is 13.7. The number of nitrogens with two attached hydrogens (primary N) is 1. The van der Waals surface area contributed by atoms with Gasteiger partial charge < -0.3 is 20.9 Å². The molecule has 0 amide bonds. The number of nitrogens with one attached hydrogen (secondary N) is 1. The third-order valence-corrected chi connectivity index (χ3v) is 6.34. The minimum atomic E-state index is -4.37. The van der Waals surface area contributed by atoms with Gasteiger partial charge in [0, 0.05) is 17.2 Å². The molecule has 0 unspecified atom stereocenters. The van der Waals surface area contributed by atoms with Gasteiger partial charge in [-0.2, -0.15) is 8.42 Å². The molecule has 0 bridgehead atoms. The molecule has 0 atom stereocenters. The molecule has 0 aliphatic rings. The number of carbonyl (C=O) groups excluding carboxylic acids is 1. The Morgan fingerprint density at radius 2 is 1.69 bits per heavy atom. The third kappa shape index (κ3) is 4.99. The molecule has 0 aliphatic heterocycles. The second kappa shape index (κ2) is 9.68. The lowest BCUT2D eigenvalue weighted by Crippen LogP contribution is -2.18. The van der Waals surface area contributed by atoms with Gasteiger partial charge in [-0.25, -0.2) is 13.8 Å². The van der Waals surface area contributed by atoms with Crippen molar-refractivity contribution < 1.29 is 32.2 Å². The van der Waals surface area contributed by atoms with Crippen molar-refractivity contribution in [3.63, 3.8) is 0 Å². The predicted octanol–water partition coefficient (Wildman–Crippen LogP) is 3.19. The van der Waals surface area contributed by atoms with Crippen LogP contribution in [0.15, 0.2) is 76.0 Å². The first-order chi connectivity index (χ1) is 17.1. The summed E-state index contributed by atoms with van der Waals surface area (Å²) >= 11 is 0. The summed E-state index contributed by atoms with van der Waals surface area (Å²) in [4.78, 5) is 20.4. The molecule has 12 heteroatoms. The summed E-state index contributed by atoms with van der Waals surface area (Å²) < 4.78 is 56.0. The maximum atomic E-state index is 13.9. The number of sulfonamides is 1. The summed E-state index contributed by atoms with van der Waals surface area (Å²) in [6.07, 6.45) is 0. The molecule has 36 heavy (non-hydrogen) atoms. The number of benzene rings is 3. The normalized spacial score (nSPS) is 13.0. The van der Waals surface area contributed by atoms with Gasteiger partial charge in [0.1, 0.15) is 41.2 Å². The number of fused-ring (bicyclic) bond motifs is 1. The molecule has 0 spiro atoms. The molecule has 1 aromatic heterocycles. The van der Waals surface area contributed by atoms with E-state index in [2.05, 4.69) is 14.4 Å². The maximum Gasteiger partial charge on any atom is 0.284 e. The third-order valence-electron chi connectivity index (χ3n) is 5.02. The average Bonchev–Trinajstić information content (AvgIpc) is 3.26. The molecular weight excluding hydrogens is 494 g/mol. The molecule has 184 valence electrons. The summed E-state index contributed by atoms with van der Waals surface area (Å²) in [5.74, 6) is -4.32. The first kappa shape index (κ1) is 24.7. The van der Waals surface area contributed by atoms with Gasteiger partial charge in [0.05, 0.1) is 15.9 Å². The van der Waals surface area contributed by atoms with Crippen molar-refractivity contribution in [1.29, 1.82) is 0 Å². The van der Waals surface area contributed by atoms with Gasteiger partial charge in [0.2, 0.25) is 5.78 Å². The number of hydrogen-bond acceptors (Lipinski definition) is 6. The minimum Gasteiger partial charge on any atom is -0.506 e. The molecular formula is C24H18F2N4O5S. The van der Waals surface area contributed by atoms with Crippen molar-refractivity contribution in [1.82, 2.24) is 9.97 Å². The number of aromatic amines is 1. The van der Waals surface area contributed by atoms with Gasteiger partial charge in [-0.15, -0.1) is 4.40 Å². The summed E-state index contributed by atoms with van der Waals surface area (Å²) in [5.41, 5.74) is 5.30. The lowest BCUT2D eigenvalue weighted by molar-refractivity contribution is 0.105. The molecule has 9 nitrogen and oxygen atoms in total. The van der Waals surface area contributed by atoms with E-state index < -0.39 is 56.1 Å². The number of Topliss-reactive ketones (excluding diaryl/α,β-unsaturated/α-hetero) is 1. The SMILES string of the molecule is NC(CO)=NS(=O)(=O)c1cccc(C(=O)C(=C(O)c2cc(F)cc(F)c2)c2nc3ccccc3[nH]2)c1. The lowest BCUT2D eigenvalue weighted by Gasteiger charge is -2.10. The Labute approximate surface area is 203 Å². The van der Waals surface area contributed by atoms with Crippen LogP contribution in [-0.4, -0.2) is 46.8 Å². The van der Waals surface area contributed by atoms with Gasteiger partial charge in [-0.3, -0.25) is 4.79 Å². The van der Waals surface area contributed by atoms with Crippen LogP contribution in [0.4, 0.5) is 8.78 Å². The molecule has 1 heterocycles. The van der Waals surface area contributed by atoms with Gasteiger partial charge in [-0.1, -0.05) is 24.3 Å². The van der Waals surface area contributed by atoms with E-state index >= 15 is 0 Å². The number of amidine groups is 1. The number of H-pyrrole nitrogens is 1. The summed E-state index contributed by atoms with van der Waals surface area (Å²) in [5, 5.41) is 20.0. The zero-order chi connectivity index (χ0) is 26.0. The largest absolute Gasteiger partial charge is 0.506 e. The Kier molecular flexibility index (Phi) is 6.64. The van der Waals surface area contributed by atoms with Crippen LogP contribution in [-0.2, 0) is 10.0 Å². The number of halogens is 2. The molecule has 0 saturated carbocycles. The first-order valence-electron chi connectivity index (χ1n) is 10.3. The Bertz CT molecular complexity index is 1610. The van der Waals surface area contributed by atoms with Crippen molar-refractivity contribution in [3.05, 3.63) is 95.3 Å². The fraction of sp³-hybridized carbons (Fsp3) is 0.0417. The van der Waals surface area contributed by atoms with E-state index in [4.69, 9.17) is 10.8 Å². The molecule has 5 N–H and O–H groups in total. The fourth-order valence-corrected chi connectivity index (χ4v) is 4.41. The van der Waals surface area contributed by atoms with E-state index in [0.29, 0.717) is 17.1 Å². The molecule has 4 rings (SSSR count). The minimum absolute atomic E-state index is 0.112. The number of hydrogen-bond donors (Lipinski definition) is 4. The number of nitrogens with zero attached hydrogens (tertiary/aromatic N) is 2. The standard InChI is InChI=1S/C24H18F2N4O5S/c25-15-8-14(9-16(26)11-15)23(33)21(24-28-18-6-1-2-7-19(18)29-24)22(32)13-4-3-5-17(10-13)36(34,35)30-20(27)12-31/h1-11,31,33H,12H2,(H2,27,30)(H,28,29). The monoisotopic (exact) mass is 512 g/mol. The van der Waals surface area contributed by atoms with Crippen molar-refractivity contribution in [2.75, 3.05) is 6.61 Å². The highest BCUT2D eigenvalue weighted by Crippen LogP contribution is 2.29. The van der Waals surface area contributed by atoms with Crippen LogP contribution in [0.25, 0.3) is 22.4 Å². The van der Waals surface area contributed by atoms with Crippen LogP contribution >= 0.6 is 0 Å². The van der Waals surface area contributed by atoms with Gasteiger partial charge in [0.25, 0.3) is 10.0 Å². The van der Waals surface area contributed by atoms with E-state index in [1.165, 1.54) is 12.1 Å². The molecule has 0 fully saturated rings. The Morgan fingerprint density at radius 3 is 2.36 bits per heavy atom. The van der Waals surface area contributed by atoms with Crippen molar-refractivity contribution in [3.8, 4) is 0 Å². The molecule has 3 aromatic carbocycles. The van der Waals surface area contributed by atoms with Gasteiger partial charge in [0.15, 0.2) is 0 Å². The van der Waals surface area contributed by atoms with Crippen molar-refractivity contribution >= 4 is 44.0 Å². The number of aliphatic hydroxyl groups excluding tert-OH is 2. The van der Waals surface area contributed by atoms with Crippen LogP contribution < -0.4 is 5.73 Å². The Hall–Kier alpha value is -4.42. The Balaban J connectivity index is 1.91. The van der Waals surface area contributed by atoms with E-state index in [9.17, 15) is 27.1 Å². The van der Waals surface area contributed by atoms with Crippen molar-refractivity contribution in [2.24, 2.45) is 10.1 Å². The number of ketones is 1. The van der Waals surface area contributed by atoms with E-state index in [0.717, 1.165) is 24.3 Å². The number of para-hydroxylation sites is 2. The zero-order valence-corrected chi connectivity index (χ0v) is 19.1. The van der Waals surface area contributed by atoms with Crippen LogP contribution in [0.5, 0.6) is 0 Å². The number of aliphatic hydroxyl groups is 2. The highest BCUT2D eigenvalue weighted by atomic mass is 32.2. The molecule has 0 saturated heterocycles. The summed E-state index contributed by atoms with van der Waals surface area (Å²) in [7, 11) is -4.37. The van der Waals surface area contributed by atoms with Crippen LogP contribution in [0.2, 0.25) is 0 Å². The van der Waals surface area contributed by atoms with Crippen LogP contribution in [0, 0.1) is 11.6 Å². The Morgan fingerprint density at radius 1 is 1.00 bits per heavy atom. The van der Waals surface area contributed by atoms with E-state index in [1.54, 1.807) is 24.3 Å².